The molecule has 0 aliphatic heterocycles. The lowest BCUT2D eigenvalue weighted by atomic mass is 9.91. The molecule has 3 N–H and O–H groups in total. The van der Waals surface area contributed by atoms with E-state index in [-0.39, 0.29) is 23.6 Å². The first-order chi connectivity index (χ1) is 14.8. The number of nitrogens with zero attached hydrogens (tertiary/aromatic N) is 3. The molecule has 0 radical (unpaired) electrons. The van der Waals surface area contributed by atoms with Crippen LogP contribution in [0, 0.1) is 0 Å². The highest BCUT2D eigenvalue weighted by atomic mass is 19.4. The van der Waals surface area contributed by atoms with Gasteiger partial charge in [0.25, 0.3) is 5.91 Å². The Hall–Kier alpha value is -3.30. The molecule has 3 aromatic heterocycles. The Morgan fingerprint density at radius 2 is 1.74 bits per heavy atom. The Labute approximate surface area is 177 Å². The van der Waals surface area contributed by atoms with Gasteiger partial charge in [0.15, 0.2) is 5.69 Å². The summed E-state index contributed by atoms with van der Waals surface area (Å²) in [5, 5.41) is 9.26. The van der Waals surface area contributed by atoms with Crippen molar-refractivity contribution < 1.29 is 18.0 Å². The second-order valence-corrected chi connectivity index (χ2v) is 7.59. The van der Waals surface area contributed by atoms with E-state index < -0.39 is 11.9 Å². The number of hydrogen-bond donors (Lipinski definition) is 3. The number of fused-ring (bicyclic) bond motifs is 1. The lowest BCUT2D eigenvalue weighted by molar-refractivity contribution is -0.140. The van der Waals surface area contributed by atoms with E-state index in [1.165, 1.54) is 4.40 Å². The molecule has 10 heteroatoms. The van der Waals surface area contributed by atoms with Gasteiger partial charge >= 0.3 is 6.18 Å². The number of amides is 1. The van der Waals surface area contributed by atoms with Crippen LogP contribution < -0.4 is 16.0 Å². The number of aromatic nitrogens is 3. The minimum Gasteiger partial charge on any atom is -0.373 e. The number of carbonyl (C=O) groups excluding carboxylic acids is 1. The van der Waals surface area contributed by atoms with Crippen molar-refractivity contribution in [2.45, 2.75) is 43.9 Å². The summed E-state index contributed by atoms with van der Waals surface area (Å²) < 4.78 is 40.4. The zero-order valence-corrected chi connectivity index (χ0v) is 16.9. The smallest absolute Gasteiger partial charge is 0.373 e. The monoisotopic (exact) mass is 432 g/mol. The molecule has 3 heterocycles. The summed E-state index contributed by atoms with van der Waals surface area (Å²) in [5.74, 6) is 0.986. The SMILES string of the molecule is CNc1cccc(C(=O)N[C@H]2CC[C@@H](Nc3cccc4nc(C(F)(F)F)cn34)CC2)n1. The normalized spacial score (nSPS) is 19.2. The van der Waals surface area contributed by atoms with Gasteiger partial charge < -0.3 is 16.0 Å². The standard InChI is InChI=1S/C21H23F3N6O/c1-25-17-5-2-4-15(28-17)20(31)27-14-10-8-13(9-11-14)26-18-6-3-7-19-29-16(12-30(18)19)21(22,23)24/h2-7,12-14,26H,8-11H2,1H3,(H,25,28)(H,27,31)/t13-,14+. The molecule has 0 atom stereocenters. The maximum Gasteiger partial charge on any atom is 0.434 e. The van der Waals surface area contributed by atoms with E-state index in [0.29, 0.717) is 17.3 Å². The molecule has 1 saturated carbocycles. The molecule has 7 nitrogen and oxygen atoms in total. The lowest BCUT2D eigenvalue weighted by Crippen LogP contribution is -2.40. The van der Waals surface area contributed by atoms with Crippen LogP contribution in [0.4, 0.5) is 24.8 Å². The zero-order chi connectivity index (χ0) is 22.0. The van der Waals surface area contributed by atoms with Crippen molar-refractivity contribution in [2.75, 3.05) is 17.7 Å². The first-order valence-electron chi connectivity index (χ1n) is 10.1. The van der Waals surface area contributed by atoms with Crippen LogP contribution in [-0.4, -0.2) is 39.4 Å². The Morgan fingerprint density at radius 1 is 1.03 bits per heavy atom. The molecule has 4 rings (SSSR count). The number of carbonyl (C=O) groups is 1. The number of alkyl halides is 3. The van der Waals surface area contributed by atoms with E-state index >= 15 is 0 Å². The molecule has 0 aromatic carbocycles. The highest BCUT2D eigenvalue weighted by Gasteiger charge is 2.34. The third kappa shape index (κ3) is 4.73. The second-order valence-electron chi connectivity index (χ2n) is 7.59. The van der Waals surface area contributed by atoms with Gasteiger partial charge in [-0.15, -0.1) is 0 Å². The van der Waals surface area contributed by atoms with Crippen molar-refractivity contribution >= 4 is 23.2 Å². The minimum absolute atomic E-state index is 0.0338. The summed E-state index contributed by atoms with van der Waals surface area (Å²) in [6.45, 7) is 0. The number of halogens is 3. The van der Waals surface area contributed by atoms with E-state index in [0.717, 1.165) is 31.9 Å². The molecule has 0 saturated heterocycles. The third-order valence-corrected chi connectivity index (χ3v) is 5.43. The quantitative estimate of drug-likeness (QED) is 0.569. The molecule has 1 fully saturated rings. The van der Waals surface area contributed by atoms with Crippen LogP contribution >= 0.6 is 0 Å². The first kappa shape index (κ1) is 21.0. The van der Waals surface area contributed by atoms with E-state index in [9.17, 15) is 18.0 Å². The molecule has 1 amide bonds. The fourth-order valence-electron chi connectivity index (χ4n) is 3.82. The summed E-state index contributed by atoms with van der Waals surface area (Å²) in [7, 11) is 1.74. The number of hydrogen-bond acceptors (Lipinski definition) is 5. The zero-order valence-electron chi connectivity index (χ0n) is 16.9. The molecule has 1 aliphatic carbocycles. The van der Waals surface area contributed by atoms with Crippen molar-refractivity contribution in [1.82, 2.24) is 19.7 Å². The van der Waals surface area contributed by atoms with Crippen LogP contribution in [-0.2, 0) is 6.18 Å². The molecular weight excluding hydrogens is 409 g/mol. The van der Waals surface area contributed by atoms with Gasteiger partial charge in [-0.2, -0.15) is 13.2 Å². The predicted octanol–water partition coefficient (Wildman–Crippen LogP) is 3.94. The number of anilines is 2. The van der Waals surface area contributed by atoms with Crippen LogP contribution in [0.1, 0.15) is 41.9 Å². The average molecular weight is 432 g/mol. The topological polar surface area (TPSA) is 83.4 Å². The minimum atomic E-state index is -4.48. The van der Waals surface area contributed by atoms with E-state index in [2.05, 4.69) is 25.9 Å². The summed E-state index contributed by atoms with van der Waals surface area (Å²) in [5.41, 5.74) is -0.307. The van der Waals surface area contributed by atoms with E-state index in [1.807, 2.05) is 0 Å². The number of imidazole rings is 1. The highest BCUT2D eigenvalue weighted by molar-refractivity contribution is 5.92. The molecule has 164 valence electrons. The van der Waals surface area contributed by atoms with Gasteiger partial charge in [-0.1, -0.05) is 12.1 Å². The van der Waals surface area contributed by atoms with Gasteiger partial charge in [-0.3, -0.25) is 9.20 Å². The van der Waals surface area contributed by atoms with Crippen LogP contribution in [0.2, 0.25) is 0 Å². The molecule has 0 unspecified atom stereocenters. The highest BCUT2D eigenvalue weighted by Crippen LogP contribution is 2.30. The van der Waals surface area contributed by atoms with E-state index in [4.69, 9.17) is 0 Å². The molecular formula is C21H23F3N6O. The Bertz CT molecular complexity index is 1070. The van der Waals surface area contributed by atoms with Crippen molar-refractivity contribution in [3.05, 3.63) is 54.0 Å². The van der Waals surface area contributed by atoms with Crippen LogP contribution in [0.5, 0.6) is 0 Å². The van der Waals surface area contributed by atoms with Gasteiger partial charge in [0, 0.05) is 25.3 Å². The van der Waals surface area contributed by atoms with Crippen LogP contribution in [0.25, 0.3) is 5.65 Å². The fraction of sp³-hybridized carbons (Fsp3) is 0.381. The van der Waals surface area contributed by atoms with Crippen LogP contribution in [0.15, 0.2) is 42.6 Å². The molecule has 31 heavy (non-hydrogen) atoms. The van der Waals surface area contributed by atoms with Gasteiger partial charge in [0.1, 0.15) is 23.0 Å². The van der Waals surface area contributed by atoms with Crippen molar-refractivity contribution in [2.24, 2.45) is 0 Å². The summed E-state index contributed by atoms with van der Waals surface area (Å²) in [6, 6.07) is 10.3. The van der Waals surface area contributed by atoms with Crippen LogP contribution in [0.3, 0.4) is 0 Å². The maximum atomic E-state index is 13.0. The molecule has 1 aliphatic rings. The molecule has 0 spiro atoms. The first-order valence-corrected chi connectivity index (χ1v) is 10.1. The van der Waals surface area contributed by atoms with Crippen molar-refractivity contribution in [3.8, 4) is 0 Å². The van der Waals surface area contributed by atoms with Gasteiger partial charge in [0.05, 0.1) is 0 Å². The molecule has 0 bridgehead atoms. The van der Waals surface area contributed by atoms with Gasteiger partial charge in [-0.25, -0.2) is 9.97 Å². The Morgan fingerprint density at radius 3 is 2.45 bits per heavy atom. The third-order valence-electron chi connectivity index (χ3n) is 5.43. The van der Waals surface area contributed by atoms with Gasteiger partial charge in [0.2, 0.25) is 0 Å². The van der Waals surface area contributed by atoms with Crippen molar-refractivity contribution in [1.29, 1.82) is 0 Å². The fourth-order valence-corrected chi connectivity index (χ4v) is 3.82. The second kappa shape index (κ2) is 8.44. The summed E-state index contributed by atoms with van der Waals surface area (Å²) in [4.78, 5) is 20.4. The summed E-state index contributed by atoms with van der Waals surface area (Å²) >= 11 is 0. The number of pyridine rings is 2. The van der Waals surface area contributed by atoms with Gasteiger partial charge in [-0.05, 0) is 49.9 Å². The average Bonchev–Trinajstić information content (AvgIpc) is 3.21. The number of rotatable bonds is 5. The predicted molar refractivity (Wildman–Crippen MR) is 111 cm³/mol. The lowest BCUT2D eigenvalue weighted by Gasteiger charge is -2.30. The Balaban J connectivity index is 1.36. The maximum absolute atomic E-state index is 13.0. The largest absolute Gasteiger partial charge is 0.434 e. The molecule has 3 aromatic rings. The van der Waals surface area contributed by atoms with E-state index in [1.54, 1.807) is 43.4 Å². The van der Waals surface area contributed by atoms with Crippen molar-refractivity contribution in [3.63, 3.8) is 0 Å². The number of nitrogens with one attached hydrogen (secondary N) is 3. The Kier molecular flexibility index (Phi) is 5.71. The summed E-state index contributed by atoms with van der Waals surface area (Å²) in [6.07, 6.45) is -0.374.